The van der Waals surface area contributed by atoms with Crippen molar-refractivity contribution in [2.24, 2.45) is 0 Å². The van der Waals surface area contributed by atoms with Gasteiger partial charge in [0.2, 0.25) is 0 Å². The summed E-state index contributed by atoms with van der Waals surface area (Å²) in [7, 11) is 1.43. The Morgan fingerprint density at radius 3 is 2.62 bits per heavy atom. The summed E-state index contributed by atoms with van der Waals surface area (Å²) in [5, 5.41) is 0. The quantitative estimate of drug-likeness (QED) is 0.695. The van der Waals surface area contributed by atoms with Gasteiger partial charge in [0.15, 0.2) is 11.6 Å². The van der Waals surface area contributed by atoms with Crippen molar-refractivity contribution >= 4 is 11.7 Å². The topological polar surface area (TPSA) is 61.5 Å². The zero-order valence-electron chi connectivity index (χ0n) is 11.2. The van der Waals surface area contributed by atoms with Crippen LogP contribution in [0.5, 0.6) is 5.75 Å². The number of anilines is 1. The Balaban J connectivity index is 2.10. The summed E-state index contributed by atoms with van der Waals surface area (Å²) in [5.74, 6) is -2.26. The van der Waals surface area contributed by atoms with E-state index in [1.54, 1.807) is 12.1 Å². The minimum absolute atomic E-state index is 0.150. The van der Waals surface area contributed by atoms with E-state index in [2.05, 4.69) is 0 Å². The smallest absolute Gasteiger partial charge is 0.340 e. The lowest BCUT2D eigenvalue weighted by atomic mass is 10.1. The van der Waals surface area contributed by atoms with Crippen LogP contribution in [0.3, 0.4) is 0 Å². The first kappa shape index (κ1) is 14.8. The average molecular weight is 293 g/mol. The molecule has 0 radical (unpaired) electrons. The number of esters is 1. The molecule has 0 bridgehead atoms. The SMILES string of the molecule is COc1cccc(C(=O)OCc2ccc(F)c(F)c2)c1N. The Labute approximate surface area is 120 Å². The van der Waals surface area contributed by atoms with Crippen LogP contribution in [0.4, 0.5) is 14.5 Å². The number of methoxy groups -OCH3 is 1. The van der Waals surface area contributed by atoms with Crippen LogP contribution in [-0.4, -0.2) is 13.1 Å². The molecule has 21 heavy (non-hydrogen) atoms. The lowest BCUT2D eigenvalue weighted by Crippen LogP contribution is -2.09. The van der Waals surface area contributed by atoms with Crippen molar-refractivity contribution < 1.29 is 23.0 Å². The fraction of sp³-hybridized carbons (Fsp3) is 0.133. The maximum absolute atomic E-state index is 13.0. The zero-order valence-corrected chi connectivity index (χ0v) is 11.2. The number of benzene rings is 2. The minimum Gasteiger partial charge on any atom is -0.495 e. The number of halogens is 2. The van der Waals surface area contributed by atoms with Gasteiger partial charge in [-0.2, -0.15) is 0 Å². The number of nitrogen functional groups attached to an aromatic ring is 1. The molecule has 0 unspecified atom stereocenters. The molecule has 2 aromatic carbocycles. The van der Waals surface area contributed by atoms with Crippen molar-refractivity contribution in [2.75, 3.05) is 12.8 Å². The summed E-state index contributed by atoms with van der Waals surface area (Å²) in [6.45, 7) is -0.188. The summed E-state index contributed by atoms with van der Waals surface area (Å²) in [5.41, 5.74) is 6.42. The molecule has 0 saturated heterocycles. The van der Waals surface area contributed by atoms with Crippen LogP contribution in [0.2, 0.25) is 0 Å². The van der Waals surface area contributed by atoms with Crippen LogP contribution in [0.25, 0.3) is 0 Å². The zero-order chi connectivity index (χ0) is 15.4. The number of rotatable bonds is 4. The molecule has 0 spiro atoms. The van der Waals surface area contributed by atoms with Gasteiger partial charge in [-0.05, 0) is 29.8 Å². The predicted octanol–water partition coefficient (Wildman–Crippen LogP) is 2.91. The summed E-state index contributed by atoms with van der Waals surface area (Å²) >= 11 is 0. The molecule has 2 N–H and O–H groups in total. The maximum atomic E-state index is 13.0. The molecular formula is C15H13F2NO3. The molecule has 0 aliphatic heterocycles. The van der Waals surface area contributed by atoms with Gasteiger partial charge >= 0.3 is 5.97 Å². The second kappa shape index (κ2) is 6.21. The van der Waals surface area contributed by atoms with Crippen LogP contribution in [0.1, 0.15) is 15.9 Å². The van der Waals surface area contributed by atoms with Gasteiger partial charge in [0.25, 0.3) is 0 Å². The van der Waals surface area contributed by atoms with Crippen LogP contribution < -0.4 is 10.5 Å². The van der Waals surface area contributed by atoms with Gasteiger partial charge in [0.05, 0.1) is 18.4 Å². The third-order valence-electron chi connectivity index (χ3n) is 2.86. The fourth-order valence-corrected chi connectivity index (χ4v) is 1.76. The Morgan fingerprint density at radius 2 is 1.95 bits per heavy atom. The highest BCUT2D eigenvalue weighted by molar-refractivity contribution is 5.96. The molecule has 0 amide bonds. The van der Waals surface area contributed by atoms with Gasteiger partial charge in [-0.3, -0.25) is 0 Å². The molecule has 0 saturated carbocycles. The van der Waals surface area contributed by atoms with E-state index in [0.29, 0.717) is 11.3 Å². The molecule has 0 aliphatic rings. The van der Waals surface area contributed by atoms with E-state index in [4.69, 9.17) is 15.2 Å². The molecule has 6 heteroatoms. The first-order valence-electron chi connectivity index (χ1n) is 6.06. The van der Waals surface area contributed by atoms with Crippen molar-refractivity contribution in [3.63, 3.8) is 0 Å². The number of nitrogens with two attached hydrogens (primary N) is 1. The number of hydrogen-bond donors (Lipinski definition) is 1. The van der Waals surface area contributed by atoms with Crippen molar-refractivity contribution in [1.82, 2.24) is 0 Å². The van der Waals surface area contributed by atoms with E-state index in [-0.39, 0.29) is 17.9 Å². The van der Waals surface area contributed by atoms with E-state index in [9.17, 15) is 13.6 Å². The highest BCUT2D eigenvalue weighted by atomic mass is 19.2. The monoisotopic (exact) mass is 293 g/mol. The third kappa shape index (κ3) is 3.28. The Bertz CT molecular complexity index is 674. The lowest BCUT2D eigenvalue weighted by Gasteiger charge is -2.10. The number of hydrogen-bond acceptors (Lipinski definition) is 4. The highest BCUT2D eigenvalue weighted by Gasteiger charge is 2.14. The Hall–Kier alpha value is -2.63. The van der Waals surface area contributed by atoms with Gasteiger partial charge in [-0.25, -0.2) is 13.6 Å². The van der Waals surface area contributed by atoms with Crippen molar-refractivity contribution in [3.05, 3.63) is 59.2 Å². The highest BCUT2D eigenvalue weighted by Crippen LogP contribution is 2.25. The van der Waals surface area contributed by atoms with Crippen LogP contribution in [0.15, 0.2) is 36.4 Å². The third-order valence-corrected chi connectivity index (χ3v) is 2.86. The van der Waals surface area contributed by atoms with E-state index in [0.717, 1.165) is 12.1 Å². The van der Waals surface area contributed by atoms with Gasteiger partial charge < -0.3 is 15.2 Å². The molecule has 2 rings (SSSR count). The first-order valence-corrected chi connectivity index (χ1v) is 6.06. The predicted molar refractivity (Wildman–Crippen MR) is 72.9 cm³/mol. The molecule has 0 atom stereocenters. The summed E-state index contributed by atoms with van der Waals surface area (Å²) in [4.78, 5) is 11.9. The van der Waals surface area contributed by atoms with Gasteiger partial charge in [0.1, 0.15) is 12.4 Å². The first-order chi connectivity index (χ1) is 10.0. The van der Waals surface area contributed by atoms with Gasteiger partial charge in [-0.15, -0.1) is 0 Å². The van der Waals surface area contributed by atoms with E-state index < -0.39 is 17.6 Å². The number of ether oxygens (including phenoxy) is 2. The van der Waals surface area contributed by atoms with E-state index in [1.165, 1.54) is 19.2 Å². The summed E-state index contributed by atoms with van der Waals surface area (Å²) < 4.78 is 35.9. The molecule has 0 fully saturated rings. The van der Waals surface area contributed by atoms with E-state index >= 15 is 0 Å². The lowest BCUT2D eigenvalue weighted by molar-refractivity contribution is 0.0473. The maximum Gasteiger partial charge on any atom is 0.340 e. The van der Waals surface area contributed by atoms with Gasteiger partial charge in [-0.1, -0.05) is 12.1 Å². The van der Waals surface area contributed by atoms with Crippen LogP contribution >= 0.6 is 0 Å². The summed E-state index contributed by atoms with van der Waals surface area (Å²) in [6.07, 6.45) is 0. The van der Waals surface area contributed by atoms with Crippen LogP contribution in [-0.2, 0) is 11.3 Å². The van der Waals surface area contributed by atoms with E-state index in [1.807, 2.05) is 0 Å². The van der Waals surface area contributed by atoms with Gasteiger partial charge in [0, 0.05) is 0 Å². The second-order valence-corrected chi connectivity index (χ2v) is 4.25. The standard InChI is InChI=1S/C15H13F2NO3/c1-20-13-4-2-3-10(14(13)18)15(19)21-8-9-5-6-11(16)12(17)7-9/h2-7H,8,18H2,1H3. The Morgan fingerprint density at radius 1 is 1.19 bits per heavy atom. The molecule has 0 aliphatic carbocycles. The Kier molecular flexibility index (Phi) is 4.37. The van der Waals surface area contributed by atoms with Crippen LogP contribution in [0, 0.1) is 11.6 Å². The molecule has 2 aromatic rings. The largest absolute Gasteiger partial charge is 0.495 e. The normalized spacial score (nSPS) is 10.2. The average Bonchev–Trinajstić information content (AvgIpc) is 2.48. The molecule has 110 valence electrons. The van der Waals surface area contributed by atoms with Crippen molar-refractivity contribution in [3.8, 4) is 5.75 Å². The molecule has 4 nitrogen and oxygen atoms in total. The fourth-order valence-electron chi connectivity index (χ4n) is 1.76. The van der Waals surface area contributed by atoms with Crippen molar-refractivity contribution in [2.45, 2.75) is 6.61 Å². The molecule has 0 heterocycles. The van der Waals surface area contributed by atoms with Crippen molar-refractivity contribution in [1.29, 1.82) is 0 Å². The molecular weight excluding hydrogens is 280 g/mol. The second-order valence-electron chi connectivity index (χ2n) is 4.25. The number of para-hydroxylation sites is 1. The number of carbonyl (C=O) groups is 1. The number of carbonyl (C=O) groups excluding carboxylic acids is 1. The summed E-state index contributed by atoms with van der Waals surface area (Å²) in [6, 6.07) is 7.98. The minimum atomic E-state index is -0.996. The molecule has 0 aromatic heterocycles.